The minimum absolute atomic E-state index is 0.00672. The monoisotopic (exact) mass is 310 g/mol. The van der Waals surface area contributed by atoms with Crippen molar-refractivity contribution < 1.29 is 14.3 Å². The van der Waals surface area contributed by atoms with Gasteiger partial charge in [0.2, 0.25) is 5.91 Å². The van der Waals surface area contributed by atoms with Gasteiger partial charge in [-0.15, -0.1) is 0 Å². The summed E-state index contributed by atoms with van der Waals surface area (Å²) in [7, 11) is 0. The predicted octanol–water partition coefficient (Wildman–Crippen LogP) is 2.62. The lowest BCUT2D eigenvalue weighted by Crippen LogP contribution is -2.37. The fourth-order valence-corrected chi connectivity index (χ4v) is 2.86. The van der Waals surface area contributed by atoms with Gasteiger partial charge in [0.1, 0.15) is 5.60 Å². The zero-order valence-corrected chi connectivity index (χ0v) is 13.5. The van der Waals surface area contributed by atoms with Gasteiger partial charge in [-0.3, -0.25) is 4.79 Å². The van der Waals surface area contributed by atoms with E-state index in [9.17, 15) is 9.59 Å². The standard InChI is InChI=1S/C15H22N2O3S/c1-15(2,3)20-14(19)17-6-4-12(9-17)13(18)16-8-11-5-7-21-10-11/h5,7,10,12H,4,6,8-9H2,1-3H3,(H,16,18)/t12-/m1/s1. The quantitative estimate of drug-likeness (QED) is 0.933. The van der Waals surface area contributed by atoms with Crippen molar-refractivity contribution >= 4 is 23.3 Å². The molecule has 0 saturated carbocycles. The summed E-state index contributed by atoms with van der Waals surface area (Å²) in [6.45, 7) is 7.07. The number of nitrogens with one attached hydrogen (secondary N) is 1. The molecule has 2 rings (SSSR count). The molecule has 2 amide bonds. The summed E-state index contributed by atoms with van der Waals surface area (Å²) in [4.78, 5) is 25.7. The van der Waals surface area contributed by atoms with Crippen LogP contribution < -0.4 is 5.32 Å². The van der Waals surface area contributed by atoms with Gasteiger partial charge >= 0.3 is 6.09 Å². The number of carbonyl (C=O) groups excluding carboxylic acids is 2. The molecule has 0 bridgehead atoms. The van der Waals surface area contributed by atoms with Gasteiger partial charge in [-0.1, -0.05) is 0 Å². The molecule has 0 spiro atoms. The number of rotatable bonds is 3. The van der Waals surface area contributed by atoms with Crippen molar-refractivity contribution in [1.82, 2.24) is 10.2 Å². The maximum atomic E-state index is 12.1. The first-order valence-electron chi connectivity index (χ1n) is 7.12. The molecule has 6 heteroatoms. The summed E-state index contributed by atoms with van der Waals surface area (Å²) in [6.07, 6.45) is 0.352. The van der Waals surface area contributed by atoms with Crippen LogP contribution in [0.3, 0.4) is 0 Å². The Labute approximate surface area is 129 Å². The van der Waals surface area contributed by atoms with Gasteiger partial charge in [0.15, 0.2) is 0 Å². The fraction of sp³-hybridized carbons (Fsp3) is 0.600. The molecule has 1 aliphatic heterocycles. The highest BCUT2D eigenvalue weighted by Gasteiger charge is 2.33. The number of thiophene rings is 1. The van der Waals surface area contributed by atoms with Crippen molar-refractivity contribution in [3.63, 3.8) is 0 Å². The smallest absolute Gasteiger partial charge is 0.410 e. The van der Waals surface area contributed by atoms with Gasteiger partial charge < -0.3 is 15.0 Å². The van der Waals surface area contributed by atoms with Crippen LogP contribution in [0.15, 0.2) is 16.8 Å². The molecular weight excluding hydrogens is 288 g/mol. The molecule has 0 aliphatic carbocycles. The summed E-state index contributed by atoms with van der Waals surface area (Å²) in [6, 6.07) is 1.99. The Morgan fingerprint density at radius 1 is 1.48 bits per heavy atom. The number of hydrogen-bond acceptors (Lipinski definition) is 4. The summed E-state index contributed by atoms with van der Waals surface area (Å²) in [5.41, 5.74) is 0.603. The molecule has 1 aromatic rings. The molecule has 2 heterocycles. The fourth-order valence-electron chi connectivity index (χ4n) is 2.19. The molecule has 1 N–H and O–H groups in total. The first-order valence-corrected chi connectivity index (χ1v) is 8.06. The zero-order chi connectivity index (χ0) is 15.5. The van der Waals surface area contributed by atoms with E-state index in [-0.39, 0.29) is 17.9 Å². The molecule has 21 heavy (non-hydrogen) atoms. The molecule has 1 atom stereocenters. The zero-order valence-electron chi connectivity index (χ0n) is 12.7. The van der Waals surface area contributed by atoms with Gasteiger partial charge in [-0.05, 0) is 49.6 Å². The second-order valence-corrected chi connectivity index (χ2v) is 7.04. The minimum atomic E-state index is -0.504. The molecule has 1 fully saturated rings. The first kappa shape index (κ1) is 15.8. The van der Waals surface area contributed by atoms with Crippen molar-refractivity contribution in [3.05, 3.63) is 22.4 Å². The number of carbonyl (C=O) groups is 2. The highest BCUT2D eigenvalue weighted by molar-refractivity contribution is 7.07. The Morgan fingerprint density at radius 3 is 2.86 bits per heavy atom. The highest BCUT2D eigenvalue weighted by atomic mass is 32.1. The second kappa shape index (κ2) is 6.47. The van der Waals surface area contributed by atoms with Gasteiger partial charge in [-0.25, -0.2) is 4.79 Å². The molecule has 0 aromatic carbocycles. The van der Waals surface area contributed by atoms with Crippen molar-refractivity contribution in [2.24, 2.45) is 5.92 Å². The number of nitrogens with zero attached hydrogens (tertiary/aromatic N) is 1. The first-order chi connectivity index (χ1) is 9.85. The Kier molecular flexibility index (Phi) is 4.88. The third kappa shape index (κ3) is 4.74. The lowest BCUT2D eigenvalue weighted by Gasteiger charge is -2.24. The van der Waals surface area contributed by atoms with Gasteiger partial charge in [0, 0.05) is 19.6 Å². The predicted molar refractivity (Wildman–Crippen MR) is 82.1 cm³/mol. The number of amides is 2. The molecular formula is C15H22N2O3S. The third-order valence-corrected chi connectivity index (χ3v) is 3.99. The van der Waals surface area contributed by atoms with E-state index in [1.807, 2.05) is 37.6 Å². The molecule has 0 unspecified atom stereocenters. The van der Waals surface area contributed by atoms with E-state index in [1.165, 1.54) is 0 Å². The maximum Gasteiger partial charge on any atom is 0.410 e. The van der Waals surface area contributed by atoms with Crippen LogP contribution in [0.25, 0.3) is 0 Å². The SMILES string of the molecule is CC(C)(C)OC(=O)N1CC[C@@H](C(=O)NCc2ccsc2)C1. The van der Waals surface area contributed by atoms with Crippen LogP contribution in [-0.4, -0.2) is 35.6 Å². The Hall–Kier alpha value is -1.56. The van der Waals surface area contributed by atoms with E-state index in [2.05, 4.69) is 5.32 Å². The second-order valence-electron chi connectivity index (χ2n) is 6.26. The van der Waals surface area contributed by atoms with E-state index in [0.717, 1.165) is 5.56 Å². The lowest BCUT2D eigenvalue weighted by atomic mass is 10.1. The summed E-state index contributed by atoms with van der Waals surface area (Å²) in [5.74, 6) is -0.136. The normalized spacial score (nSPS) is 18.6. The van der Waals surface area contributed by atoms with Crippen LogP contribution in [0.2, 0.25) is 0 Å². The molecule has 1 aliphatic rings. The van der Waals surface area contributed by atoms with Crippen molar-refractivity contribution in [3.8, 4) is 0 Å². The van der Waals surface area contributed by atoms with E-state index in [4.69, 9.17) is 4.74 Å². The minimum Gasteiger partial charge on any atom is -0.444 e. The molecule has 1 saturated heterocycles. The van der Waals surface area contributed by atoms with Crippen LogP contribution in [0, 0.1) is 5.92 Å². The van der Waals surface area contributed by atoms with E-state index < -0.39 is 5.60 Å². The van der Waals surface area contributed by atoms with Crippen LogP contribution in [0.5, 0.6) is 0 Å². The molecule has 5 nitrogen and oxygen atoms in total. The summed E-state index contributed by atoms with van der Waals surface area (Å²) >= 11 is 1.61. The average Bonchev–Trinajstić information content (AvgIpc) is 3.05. The van der Waals surface area contributed by atoms with Crippen molar-refractivity contribution in [2.75, 3.05) is 13.1 Å². The van der Waals surface area contributed by atoms with Crippen LogP contribution >= 0.6 is 11.3 Å². The lowest BCUT2D eigenvalue weighted by molar-refractivity contribution is -0.124. The largest absolute Gasteiger partial charge is 0.444 e. The van der Waals surface area contributed by atoms with Gasteiger partial charge in [0.05, 0.1) is 5.92 Å². The summed E-state index contributed by atoms with van der Waals surface area (Å²) < 4.78 is 5.33. The molecule has 0 radical (unpaired) electrons. The number of ether oxygens (including phenoxy) is 1. The maximum absolute atomic E-state index is 12.1. The summed E-state index contributed by atoms with van der Waals surface area (Å²) in [5, 5.41) is 6.93. The van der Waals surface area contributed by atoms with E-state index in [0.29, 0.717) is 26.1 Å². The Balaban J connectivity index is 1.78. The topological polar surface area (TPSA) is 58.6 Å². The van der Waals surface area contributed by atoms with Gasteiger partial charge in [-0.2, -0.15) is 11.3 Å². The Morgan fingerprint density at radius 2 is 2.24 bits per heavy atom. The third-order valence-electron chi connectivity index (χ3n) is 3.26. The van der Waals surface area contributed by atoms with Crippen LogP contribution in [0.1, 0.15) is 32.8 Å². The molecule has 116 valence electrons. The van der Waals surface area contributed by atoms with Gasteiger partial charge in [0.25, 0.3) is 0 Å². The Bertz CT molecular complexity index is 494. The number of likely N-dealkylation sites (tertiary alicyclic amines) is 1. The van der Waals surface area contributed by atoms with Crippen LogP contribution in [0.4, 0.5) is 4.79 Å². The van der Waals surface area contributed by atoms with Crippen molar-refractivity contribution in [2.45, 2.75) is 39.3 Å². The number of hydrogen-bond donors (Lipinski definition) is 1. The highest BCUT2D eigenvalue weighted by Crippen LogP contribution is 2.19. The van der Waals surface area contributed by atoms with Crippen LogP contribution in [-0.2, 0) is 16.1 Å². The van der Waals surface area contributed by atoms with E-state index >= 15 is 0 Å². The molecule has 1 aromatic heterocycles. The van der Waals surface area contributed by atoms with Crippen molar-refractivity contribution in [1.29, 1.82) is 0 Å². The van der Waals surface area contributed by atoms with E-state index in [1.54, 1.807) is 16.2 Å². The average molecular weight is 310 g/mol.